The summed E-state index contributed by atoms with van der Waals surface area (Å²) >= 11 is 0. The summed E-state index contributed by atoms with van der Waals surface area (Å²) in [5.74, 6) is 0.823. The SMILES string of the molecule is N#CC1(NS(=O)(=O)c2cn3c(n2)CCCC3)CC1. The molecule has 1 aromatic heterocycles. The van der Waals surface area contributed by atoms with Crippen LogP contribution in [0.25, 0.3) is 0 Å². The van der Waals surface area contributed by atoms with Crippen LogP contribution in [0.1, 0.15) is 31.5 Å². The Bertz CT molecular complexity index is 598. The van der Waals surface area contributed by atoms with E-state index in [4.69, 9.17) is 5.26 Å². The standard InChI is InChI=1S/C11H14N4O2S/c12-8-11(4-5-11)14-18(16,17)10-7-15-6-2-1-3-9(15)13-10/h7,14H,1-6H2. The van der Waals surface area contributed by atoms with Gasteiger partial charge in [0.15, 0.2) is 5.03 Å². The van der Waals surface area contributed by atoms with Gasteiger partial charge in [-0.15, -0.1) is 0 Å². The van der Waals surface area contributed by atoms with E-state index < -0.39 is 15.6 Å². The minimum Gasteiger partial charge on any atom is -0.333 e. The van der Waals surface area contributed by atoms with Gasteiger partial charge in [-0.3, -0.25) is 0 Å². The largest absolute Gasteiger partial charge is 0.333 e. The van der Waals surface area contributed by atoms with Gasteiger partial charge in [0, 0.05) is 19.2 Å². The summed E-state index contributed by atoms with van der Waals surface area (Å²) in [6, 6.07) is 2.02. The van der Waals surface area contributed by atoms with Crippen molar-refractivity contribution in [2.45, 2.75) is 49.2 Å². The first kappa shape index (κ1) is 11.7. The lowest BCUT2D eigenvalue weighted by Gasteiger charge is -2.11. The van der Waals surface area contributed by atoms with Gasteiger partial charge in [-0.05, 0) is 25.7 Å². The molecule has 0 spiro atoms. The van der Waals surface area contributed by atoms with Crippen molar-refractivity contribution in [3.8, 4) is 6.07 Å². The van der Waals surface area contributed by atoms with Crippen LogP contribution < -0.4 is 4.72 Å². The number of rotatable bonds is 3. The zero-order valence-corrected chi connectivity index (χ0v) is 10.7. The third-order valence-corrected chi connectivity index (χ3v) is 4.86. The molecule has 2 heterocycles. The zero-order valence-electron chi connectivity index (χ0n) is 9.89. The fourth-order valence-corrected chi connectivity index (χ4v) is 3.55. The maximum Gasteiger partial charge on any atom is 0.260 e. The van der Waals surface area contributed by atoms with Crippen LogP contribution in [0, 0.1) is 11.3 Å². The number of sulfonamides is 1. The van der Waals surface area contributed by atoms with E-state index in [-0.39, 0.29) is 5.03 Å². The number of aromatic nitrogens is 2. The number of nitriles is 1. The zero-order chi connectivity index (χ0) is 12.8. The van der Waals surface area contributed by atoms with Gasteiger partial charge in [0.05, 0.1) is 6.07 Å². The third-order valence-electron chi connectivity index (χ3n) is 3.46. The van der Waals surface area contributed by atoms with Crippen molar-refractivity contribution in [1.82, 2.24) is 14.3 Å². The third kappa shape index (κ3) is 1.91. The minimum absolute atomic E-state index is 0.0425. The van der Waals surface area contributed by atoms with Gasteiger partial charge < -0.3 is 4.57 Å². The van der Waals surface area contributed by atoms with Crippen molar-refractivity contribution in [1.29, 1.82) is 5.26 Å². The molecule has 1 aliphatic carbocycles. The molecule has 1 N–H and O–H groups in total. The van der Waals surface area contributed by atoms with Gasteiger partial charge in [-0.2, -0.15) is 9.98 Å². The summed E-state index contributed by atoms with van der Waals surface area (Å²) in [6.07, 6.45) is 5.65. The lowest BCUT2D eigenvalue weighted by Crippen LogP contribution is -2.35. The average Bonchev–Trinajstić information content (AvgIpc) is 2.96. The van der Waals surface area contributed by atoms with E-state index in [1.807, 2.05) is 10.6 Å². The first-order chi connectivity index (χ1) is 8.55. The molecule has 18 heavy (non-hydrogen) atoms. The maximum absolute atomic E-state index is 12.1. The number of nitrogens with one attached hydrogen (secondary N) is 1. The van der Waals surface area contributed by atoms with Crippen LogP contribution in [0.2, 0.25) is 0 Å². The van der Waals surface area contributed by atoms with E-state index in [2.05, 4.69) is 9.71 Å². The first-order valence-electron chi connectivity index (χ1n) is 6.06. The highest BCUT2D eigenvalue weighted by Gasteiger charge is 2.47. The van der Waals surface area contributed by atoms with Crippen molar-refractivity contribution >= 4 is 10.0 Å². The second-order valence-corrected chi connectivity index (χ2v) is 6.57. The van der Waals surface area contributed by atoms with E-state index in [1.165, 1.54) is 0 Å². The number of nitrogens with zero attached hydrogens (tertiary/aromatic N) is 3. The molecule has 1 aromatic rings. The van der Waals surface area contributed by atoms with Crippen LogP contribution in [0.3, 0.4) is 0 Å². The van der Waals surface area contributed by atoms with Gasteiger partial charge in [0.1, 0.15) is 11.4 Å². The second-order valence-electron chi connectivity index (χ2n) is 4.95. The van der Waals surface area contributed by atoms with E-state index in [0.29, 0.717) is 12.8 Å². The molecule has 0 aromatic carbocycles. The Morgan fingerprint density at radius 3 is 2.83 bits per heavy atom. The van der Waals surface area contributed by atoms with Gasteiger partial charge in [-0.1, -0.05) is 0 Å². The highest BCUT2D eigenvalue weighted by Crippen LogP contribution is 2.35. The van der Waals surface area contributed by atoms with Crippen LogP contribution in [0.15, 0.2) is 11.2 Å². The smallest absolute Gasteiger partial charge is 0.260 e. The fourth-order valence-electron chi connectivity index (χ4n) is 2.19. The topological polar surface area (TPSA) is 87.8 Å². The number of imidazole rings is 1. The number of hydrogen-bond acceptors (Lipinski definition) is 4. The number of hydrogen-bond donors (Lipinski definition) is 1. The minimum atomic E-state index is -3.67. The van der Waals surface area contributed by atoms with Crippen molar-refractivity contribution < 1.29 is 8.42 Å². The predicted octanol–water partition coefficient (Wildman–Crippen LogP) is 0.554. The molecular weight excluding hydrogens is 252 g/mol. The van der Waals surface area contributed by atoms with E-state index in [9.17, 15) is 8.42 Å². The normalized spacial score (nSPS) is 21.1. The molecule has 7 heteroatoms. The van der Waals surface area contributed by atoms with E-state index in [1.54, 1.807) is 6.20 Å². The Morgan fingerprint density at radius 2 is 2.22 bits per heavy atom. The number of fused-ring (bicyclic) bond motifs is 1. The van der Waals surface area contributed by atoms with E-state index >= 15 is 0 Å². The van der Waals surface area contributed by atoms with Gasteiger partial charge >= 0.3 is 0 Å². The van der Waals surface area contributed by atoms with Gasteiger partial charge in [0.25, 0.3) is 10.0 Å². The van der Waals surface area contributed by atoms with Crippen molar-refractivity contribution in [3.63, 3.8) is 0 Å². The van der Waals surface area contributed by atoms with Crippen LogP contribution in [0.4, 0.5) is 0 Å². The monoisotopic (exact) mass is 266 g/mol. The lowest BCUT2D eigenvalue weighted by atomic mass is 10.2. The fraction of sp³-hybridized carbons (Fsp3) is 0.636. The Balaban J connectivity index is 1.90. The molecule has 0 saturated heterocycles. The molecule has 0 atom stereocenters. The molecule has 2 aliphatic rings. The first-order valence-corrected chi connectivity index (χ1v) is 7.54. The van der Waals surface area contributed by atoms with Gasteiger partial charge in [-0.25, -0.2) is 13.4 Å². The Hall–Kier alpha value is -1.39. The van der Waals surface area contributed by atoms with Crippen molar-refractivity contribution in [2.24, 2.45) is 0 Å². The molecule has 1 fully saturated rings. The average molecular weight is 266 g/mol. The van der Waals surface area contributed by atoms with Crippen LogP contribution in [-0.2, 0) is 23.0 Å². The van der Waals surface area contributed by atoms with Crippen LogP contribution in [0.5, 0.6) is 0 Å². The summed E-state index contributed by atoms with van der Waals surface area (Å²) in [4.78, 5) is 4.17. The van der Waals surface area contributed by atoms with Crippen LogP contribution in [-0.4, -0.2) is 23.5 Å². The van der Waals surface area contributed by atoms with Crippen LogP contribution >= 0.6 is 0 Å². The molecule has 1 saturated carbocycles. The predicted molar refractivity (Wildman–Crippen MR) is 63.1 cm³/mol. The molecule has 1 aliphatic heterocycles. The highest BCUT2D eigenvalue weighted by molar-refractivity contribution is 7.89. The highest BCUT2D eigenvalue weighted by atomic mass is 32.2. The molecule has 6 nitrogen and oxygen atoms in total. The molecular formula is C11H14N4O2S. The van der Waals surface area contributed by atoms with Crippen molar-refractivity contribution in [2.75, 3.05) is 0 Å². The Labute approximate surface area is 106 Å². The Morgan fingerprint density at radius 1 is 1.44 bits per heavy atom. The lowest BCUT2D eigenvalue weighted by molar-refractivity contribution is 0.522. The van der Waals surface area contributed by atoms with Crippen molar-refractivity contribution in [3.05, 3.63) is 12.0 Å². The molecule has 3 rings (SSSR count). The molecule has 0 amide bonds. The summed E-state index contributed by atoms with van der Waals surface area (Å²) in [6.45, 7) is 0.821. The summed E-state index contributed by atoms with van der Waals surface area (Å²) in [7, 11) is -3.67. The van der Waals surface area contributed by atoms with Gasteiger partial charge in [0.2, 0.25) is 0 Å². The Kier molecular flexibility index (Phi) is 2.47. The summed E-state index contributed by atoms with van der Waals surface area (Å²) < 4.78 is 28.6. The summed E-state index contributed by atoms with van der Waals surface area (Å²) in [5.41, 5.74) is -0.886. The van der Waals surface area contributed by atoms with E-state index in [0.717, 1.165) is 31.6 Å². The quantitative estimate of drug-likeness (QED) is 0.865. The molecule has 0 radical (unpaired) electrons. The molecule has 0 bridgehead atoms. The molecule has 0 unspecified atom stereocenters. The number of aryl methyl sites for hydroxylation is 2. The molecule has 96 valence electrons. The maximum atomic E-state index is 12.1. The summed E-state index contributed by atoms with van der Waals surface area (Å²) in [5, 5.41) is 8.97. The second kappa shape index (κ2) is 3.80.